The minimum atomic E-state index is 0.664. The van der Waals surface area contributed by atoms with E-state index in [9.17, 15) is 0 Å². The number of nitrogens with zero attached hydrogens (tertiary/aromatic N) is 3. The summed E-state index contributed by atoms with van der Waals surface area (Å²) in [6.07, 6.45) is 11.7. The first-order valence-corrected chi connectivity index (χ1v) is 8.39. The lowest BCUT2D eigenvalue weighted by molar-refractivity contribution is 0.229. The molecule has 2 fully saturated rings. The summed E-state index contributed by atoms with van der Waals surface area (Å²) in [5, 5.41) is 8.25. The van der Waals surface area contributed by atoms with E-state index in [-0.39, 0.29) is 0 Å². The summed E-state index contributed by atoms with van der Waals surface area (Å²) in [7, 11) is 0. The van der Waals surface area contributed by atoms with Crippen LogP contribution >= 0.6 is 0 Å². The van der Waals surface area contributed by atoms with E-state index < -0.39 is 0 Å². The first kappa shape index (κ1) is 14.1. The molecule has 0 unspecified atom stereocenters. The van der Waals surface area contributed by atoms with Gasteiger partial charge in [0.05, 0.1) is 11.7 Å². The molecule has 4 heteroatoms. The minimum absolute atomic E-state index is 0.664. The molecule has 1 aromatic heterocycles. The fourth-order valence-corrected chi connectivity index (χ4v) is 3.48. The van der Waals surface area contributed by atoms with Crippen molar-refractivity contribution in [3.05, 3.63) is 18.0 Å². The van der Waals surface area contributed by atoms with Crippen LogP contribution in [-0.4, -0.2) is 40.9 Å². The highest BCUT2D eigenvalue weighted by Gasteiger charge is 2.17. The molecule has 0 aromatic carbocycles. The second-order valence-electron chi connectivity index (χ2n) is 6.30. The maximum Gasteiger partial charge on any atom is 0.0762 e. The van der Waals surface area contributed by atoms with Gasteiger partial charge in [0.2, 0.25) is 0 Å². The molecular formula is C16H28N4. The van der Waals surface area contributed by atoms with Crippen LogP contribution in [0, 0.1) is 0 Å². The van der Waals surface area contributed by atoms with Crippen LogP contribution in [0.3, 0.4) is 0 Å². The molecule has 0 spiro atoms. The van der Waals surface area contributed by atoms with Crippen molar-refractivity contribution in [2.75, 3.05) is 26.2 Å². The molecule has 112 valence electrons. The summed E-state index contributed by atoms with van der Waals surface area (Å²) in [4.78, 5) is 2.58. The Hall–Kier alpha value is -0.870. The normalized spacial score (nSPS) is 21.6. The van der Waals surface area contributed by atoms with Crippen LogP contribution in [0.2, 0.25) is 0 Å². The summed E-state index contributed by atoms with van der Waals surface area (Å²) < 4.78 is 2.19. The predicted octanol–water partition coefficient (Wildman–Crippen LogP) is 2.57. The molecule has 1 aliphatic carbocycles. The van der Waals surface area contributed by atoms with E-state index in [0.717, 1.165) is 13.1 Å². The summed E-state index contributed by atoms with van der Waals surface area (Å²) in [6, 6.07) is 2.84. The lowest BCUT2D eigenvalue weighted by Gasteiger charge is -2.26. The highest BCUT2D eigenvalue weighted by molar-refractivity contribution is 4.99. The largest absolute Gasteiger partial charge is 0.310 e. The zero-order valence-corrected chi connectivity index (χ0v) is 12.6. The highest BCUT2D eigenvalue weighted by Crippen LogP contribution is 2.28. The molecule has 2 aliphatic rings. The third-order valence-electron chi connectivity index (χ3n) is 4.72. The summed E-state index contributed by atoms with van der Waals surface area (Å²) in [5.74, 6) is 0. The van der Waals surface area contributed by atoms with Crippen molar-refractivity contribution in [1.82, 2.24) is 20.0 Å². The quantitative estimate of drug-likeness (QED) is 0.811. The van der Waals surface area contributed by atoms with Crippen LogP contribution in [0.1, 0.15) is 56.7 Å². The van der Waals surface area contributed by atoms with Crippen molar-refractivity contribution >= 4 is 0 Å². The van der Waals surface area contributed by atoms with Crippen molar-refractivity contribution in [3.8, 4) is 0 Å². The van der Waals surface area contributed by atoms with E-state index in [4.69, 9.17) is 5.10 Å². The van der Waals surface area contributed by atoms with Gasteiger partial charge in [-0.2, -0.15) is 5.10 Å². The molecule has 3 rings (SSSR count). The smallest absolute Gasteiger partial charge is 0.0762 e. The van der Waals surface area contributed by atoms with Gasteiger partial charge in [0.25, 0.3) is 0 Å². The van der Waals surface area contributed by atoms with Crippen LogP contribution < -0.4 is 5.32 Å². The molecule has 1 aromatic rings. The Morgan fingerprint density at radius 3 is 2.70 bits per heavy atom. The number of rotatable bonds is 6. The first-order chi connectivity index (χ1) is 9.92. The number of piperidine rings is 1. The van der Waals surface area contributed by atoms with Gasteiger partial charge < -0.3 is 10.2 Å². The van der Waals surface area contributed by atoms with Gasteiger partial charge in [0.15, 0.2) is 0 Å². The van der Waals surface area contributed by atoms with Crippen LogP contribution in [0.25, 0.3) is 0 Å². The third-order valence-corrected chi connectivity index (χ3v) is 4.72. The predicted molar refractivity (Wildman–Crippen MR) is 81.7 cm³/mol. The molecule has 2 heterocycles. The number of nitrogens with one attached hydrogen (secondary N) is 1. The van der Waals surface area contributed by atoms with E-state index in [1.165, 1.54) is 70.3 Å². The highest BCUT2D eigenvalue weighted by atomic mass is 15.3. The van der Waals surface area contributed by atoms with Crippen molar-refractivity contribution < 1.29 is 0 Å². The summed E-state index contributed by atoms with van der Waals surface area (Å²) in [6.45, 7) is 5.75. The van der Waals surface area contributed by atoms with Crippen molar-refractivity contribution in [1.29, 1.82) is 0 Å². The van der Waals surface area contributed by atoms with Crippen LogP contribution in [-0.2, 0) is 6.54 Å². The SMILES string of the molecule is c1cn(C2CCCC2)nc1CNCCN1CCCCC1. The van der Waals surface area contributed by atoms with Crippen LogP contribution in [0.4, 0.5) is 0 Å². The van der Waals surface area contributed by atoms with Gasteiger partial charge in [-0.1, -0.05) is 19.3 Å². The Bertz CT molecular complexity index is 389. The first-order valence-electron chi connectivity index (χ1n) is 8.39. The molecule has 4 nitrogen and oxygen atoms in total. The molecule has 1 aliphatic heterocycles. The molecule has 0 bridgehead atoms. The van der Waals surface area contributed by atoms with Gasteiger partial charge in [-0.3, -0.25) is 4.68 Å². The molecule has 20 heavy (non-hydrogen) atoms. The van der Waals surface area contributed by atoms with E-state index >= 15 is 0 Å². The Morgan fingerprint density at radius 2 is 1.90 bits per heavy atom. The lowest BCUT2D eigenvalue weighted by Crippen LogP contribution is -2.35. The monoisotopic (exact) mass is 276 g/mol. The van der Waals surface area contributed by atoms with E-state index in [0.29, 0.717) is 6.04 Å². The van der Waals surface area contributed by atoms with Crippen molar-refractivity contribution in [3.63, 3.8) is 0 Å². The molecule has 1 saturated heterocycles. The van der Waals surface area contributed by atoms with E-state index in [1.807, 2.05) is 0 Å². The minimum Gasteiger partial charge on any atom is -0.310 e. The standard InChI is InChI=1S/C16H28N4/c1-4-10-19(11-5-1)13-9-17-14-15-8-12-20(18-15)16-6-2-3-7-16/h8,12,16-17H,1-7,9-11,13-14H2. The molecule has 1 saturated carbocycles. The molecular weight excluding hydrogens is 248 g/mol. The fourth-order valence-electron chi connectivity index (χ4n) is 3.48. The van der Waals surface area contributed by atoms with Gasteiger partial charge in [-0.25, -0.2) is 0 Å². The average Bonchev–Trinajstić information content (AvgIpc) is 3.15. The Balaban J connectivity index is 1.35. The van der Waals surface area contributed by atoms with Gasteiger partial charge in [-0.15, -0.1) is 0 Å². The lowest BCUT2D eigenvalue weighted by atomic mass is 10.1. The average molecular weight is 276 g/mol. The van der Waals surface area contributed by atoms with Gasteiger partial charge in [0, 0.05) is 25.8 Å². The second-order valence-corrected chi connectivity index (χ2v) is 6.30. The molecule has 0 atom stereocenters. The second kappa shape index (κ2) is 7.23. The zero-order valence-electron chi connectivity index (χ0n) is 12.6. The maximum absolute atomic E-state index is 4.72. The maximum atomic E-state index is 4.72. The number of likely N-dealkylation sites (tertiary alicyclic amines) is 1. The van der Waals surface area contributed by atoms with Gasteiger partial charge in [0.1, 0.15) is 0 Å². The molecule has 0 amide bonds. The Morgan fingerprint density at radius 1 is 1.10 bits per heavy atom. The van der Waals surface area contributed by atoms with Crippen LogP contribution in [0.5, 0.6) is 0 Å². The van der Waals surface area contributed by atoms with E-state index in [2.05, 4.69) is 27.2 Å². The summed E-state index contributed by atoms with van der Waals surface area (Å²) in [5.41, 5.74) is 1.19. The molecule has 1 N–H and O–H groups in total. The van der Waals surface area contributed by atoms with Gasteiger partial charge >= 0.3 is 0 Å². The Kier molecular flexibility index (Phi) is 5.09. The Labute approximate surface area is 122 Å². The van der Waals surface area contributed by atoms with Crippen molar-refractivity contribution in [2.45, 2.75) is 57.5 Å². The van der Waals surface area contributed by atoms with E-state index in [1.54, 1.807) is 0 Å². The van der Waals surface area contributed by atoms with Crippen molar-refractivity contribution in [2.24, 2.45) is 0 Å². The van der Waals surface area contributed by atoms with Crippen LogP contribution in [0.15, 0.2) is 12.3 Å². The summed E-state index contributed by atoms with van der Waals surface area (Å²) >= 11 is 0. The fraction of sp³-hybridized carbons (Fsp3) is 0.812. The van der Waals surface area contributed by atoms with Gasteiger partial charge in [-0.05, 0) is 44.8 Å². The number of hydrogen-bond donors (Lipinski definition) is 1. The number of hydrogen-bond acceptors (Lipinski definition) is 3. The zero-order chi connectivity index (χ0) is 13.6. The number of aromatic nitrogens is 2. The molecule has 0 radical (unpaired) electrons. The topological polar surface area (TPSA) is 33.1 Å². The third kappa shape index (κ3) is 3.83.